The fraction of sp³-hybridized carbons (Fsp3) is 0.294. The largest absolute Gasteiger partial charge is 0.295 e. The molecule has 130 valence electrons. The van der Waals surface area contributed by atoms with Gasteiger partial charge in [0.25, 0.3) is 5.91 Å². The van der Waals surface area contributed by atoms with Gasteiger partial charge in [0.05, 0.1) is 0 Å². The van der Waals surface area contributed by atoms with E-state index in [1.807, 2.05) is 0 Å². The Bertz CT molecular complexity index is 855. The van der Waals surface area contributed by atoms with Crippen molar-refractivity contribution in [2.75, 3.05) is 11.1 Å². The van der Waals surface area contributed by atoms with Gasteiger partial charge in [0.2, 0.25) is 5.13 Å². The predicted molar refractivity (Wildman–Crippen MR) is 106 cm³/mol. The Kier molecular flexibility index (Phi) is 5.82. The van der Waals surface area contributed by atoms with Gasteiger partial charge in [0.1, 0.15) is 10.7 Å². The summed E-state index contributed by atoms with van der Waals surface area (Å²) in [6, 6.07) is 8.31. The Balaban J connectivity index is 1.70. The van der Waals surface area contributed by atoms with E-state index < -0.39 is 0 Å². The van der Waals surface area contributed by atoms with E-state index in [9.17, 15) is 4.79 Å². The first kappa shape index (κ1) is 18.0. The highest BCUT2D eigenvalue weighted by molar-refractivity contribution is 8.01. The molecular weight excluding hydrogens is 372 g/mol. The minimum atomic E-state index is -0.259. The normalized spacial score (nSPS) is 11.0. The van der Waals surface area contributed by atoms with Crippen LogP contribution < -0.4 is 5.32 Å². The van der Waals surface area contributed by atoms with Gasteiger partial charge in [0, 0.05) is 10.9 Å². The third kappa shape index (κ3) is 4.45. The van der Waals surface area contributed by atoms with Gasteiger partial charge in [-0.1, -0.05) is 68.1 Å². The standard InChI is InChI=1S/C17H18N4OS3/c1-4-23-17-21-20-16(25-17)19-14(22)13-9-24-15(18-13)12-7-5-11(6-8-12)10(2)3/h5-10H,4H2,1-3H3,(H,19,20,22). The zero-order chi connectivity index (χ0) is 17.8. The smallest absolute Gasteiger partial charge is 0.276 e. The summed E-state index contributed by atoms with van der Waals surface area (Å²) in [6.07, 6.45) is 0. The molecule has 8 heteroatoms. The molecule has 3 aromatic rings. The first-order valence-corrected chi connectivity index (χ1v) is 10.6. The van der Waals surface area contributed by atoms with Crippen molar-refractivity contribution in [1.29, 1.82) is 0 Å². The number of thioether (sulfide) groups is 1. The number of benzene rings is 1. The Morgan fingerprint density at radius 2 is 2.00 bits per heavy atom. The summed E-state index contributed by atoms with van der Waals surface area (Å²) in [5, 5.41) is 13.9. The van der Waals surface area contributed by atoms with Crippen LogP contribution in [0.2, 0.25) is 0 Å². The number of thiazole rings is 1. The van der Waals surface area contributed by atoms with Crippen LogP contribution in [-0.4, -0.2) is 26.8 Å². The van der Waals surface area contributed by atoms with Crippen molar-refractivity contribution >= 4 is 45.5 Å². The molecule has 0 fully saturated rings. The number of carbonyl (C=O) groups excluding carboxylic acids is 1. The number of hydrogen-bond acceptors (Lipinski definition) is 7. The quantitative estimate of drug-likeness (QED) is 0.466. The molecule has 0 aliphatic carbocycles. The maximum absolute atomic E-state index is 12.3. The molecule has 1 N–H and O–H groups in total. The number of carbonyl (C=O) groups is 1. The molecule has 0 saturated heterocycles. The molecule has 0 aliphatic rings. The molecule has 1 aromatic carbocycles. The second-order valence-electron chi connectivity index (χ2n) is 5.57. The van der Waals surface area contributed by atoms with E-state index >= 15 is 0 Å². The molecule has 0 aliphatic heterocycles. The lowest BCUT2D eigenvalue weighted by Crippen LogP contribution is -2.12. The molecule has 3 rings (SSSR count). The molecule has 0 spiro atoms. The van der Waals surface area contributed by atoms with Crippen molar-refractivity contribution in [3.8, 4) is 10.6 Å². The highest BCUT2D eigenvalue weighted by atomic mass is 32.2. The fourth-order valence-corrected chi connectivity index (χ4v) is 4.57. The predicted octanol–water partition coefficient (Wildman–Crippen LogP) is 5.15. The van der Waals surface area contributed by atoms with Crippen molar-refractivity contribution < 1.29 is 4.79 Å². The van der Waals surface area contributed by atoms with Gasteiger partial charge in [0.15, 0.2) is 4.34 Å². The zero-order valence-electron chi connectivity index (χ0n) is 14.1. The van der Waals surface area contributed by atoms with Crippen LogP contribution in [0.3, 0.4) is 0 Å². The van der Waals surface area contributed by atoms with Gasteiger partial charge in [-0.2, -0.15) is 0 Å². The SMILES string of the molecule is CCSc1nnc(NC(=O)c2csc(-c3ccc(C(C)C)cc3)n2)s1. The van der Waals surface area contributed by atoms with E-state index in [1.165, 1.54) is 28.2 Å². The van der Waals surface area contributed by atoms with E-state index in [0.29, 0.717) is 16.7 Å². The minimum Gasteiger partial charge on any atom is -0.295 e. The van der Waals surface area contributed by atoms with Crippen molar-refractivity contribution in [3.63, 3.8) is 0 Å². The Hall–Kier alpha value is -1.77. The molecule has 2 aromatic heterocycles. The lowest BCUT2D eigenvalue weighted by molar-refractivity contribution is 0.102. The highest BCUT2D eigenvalue weighted by Crippen LogP contribution is 2.27. The number of aromatic nitrogens is 3. The van der Waals surface area contributed by atoms with Crippen molar-refractivity contribution in [3.05, 3.63) is 40.9 Å². The number of hydrogen-bond donors (Lipinski definition) is 1. The Morgan fingerprint density at radius 1 is 1.24 bits per heavy atom. The van der Waals surface area contributed by atoms with Crippen LogP contribution in [0.15, 0.2) is 34.0 Å². The Labute approximate surface area is 158 Å². The summed E-state index contributed by atoms with van der Waals surface area (Å²) in [5.41, 5.74) is 2.70. The van der Waals surface area contributed by atoms with E-state index in [-0.39, 0.29) is 5.91 Å². The molecule has 1 amide bonds. The van der Waals surface area contributed by atoms with Crippen LogP contribution in [0.4, 0.5) is 5.13 Å². The fourth-order valence-electron chi connectivity index (χ4n) is 2.12. The third-order valence-corrected chi connectivity index (χ3v) is 6.20. The lowest BCUT2D eigenvalue weighted by Gasteiger charge is -2.05. The van der Waals surface area contributed by atoms with Crippen LogP contribution in [0.1, 0.15) is 42.7 Å². The van der Waals surface area contributed by atoms with E-state index in [0.717, 1.165) is 20.7 Å². The van der Waals surface area contributed by atoms with Crippen LogP contribution in [0, 0.1) is 0 Å². The second kappa shape index (κ2) is 8.07. The topological polar surface area (TPSA) is 67.8 Å². The summed E-state index contributed by atoms with van der Waals surface area (Å²) in [4.78, 5) is 16.8. The lowest BCUT2D eigenvalue weighted by atomic mass is 10.0. The van der Waals surface area contributed by atoms with Crippen LogP contribution >= 0.6 is 34.4 Å². The summed E-state index contributed by atoms with van der Waals surface area (Å²) in [6.45, 7) is 6.38. The van der Waals surface area contributed by atoms with Gasteiger partial charge >= 0.3 is 0 Å². The van der Waals surface area contributed by atoms with E-state index in [2.05, 4.69) is 65.5 Å². The van der Waals surface area contributed by atoms with Crippen LogP contribution in [-0.2, 0) is 0 Å². The zero-order valence-corrected chi connectivity index (χ0v) is 16.6. The van der Waals surface area contributed by atoms with Crippen LogP contribution in [0.5, 0.6) is 0 Å². The van der Waals surface area contributed by atoms with Crippen molar-refractivity contribution in [1.82, 2.24) is 15.2 Å². The maximum atomic E-state index is 12.3. The number of amides is 1. The van der Waals surface area contributed by atoms with Crippen LogP contribution in [0.25, 0.3) is 10.6 Å². The van der Waals surface area contributed by atoms with E-state index in [4.69, 9.17) is 0 Å². The van der Waals surface area contributed by atoms with Crippen molar-refractivity contribution in [2.24, 2.45) is 0 Å². The van der Waals surface area contributed by atoms with E-state index in [1.54, 1.807) is 17.1 Å². The van der Waals surface area contributed by atoms with Gasteiger partial charge in [-0.3, -0.25) is 10.1 Å². The second-order valence-corrected chi connectivity index (χ2v) is 8.92. The number of anilines is 1. The molecule has 0 atom stereocenters. The summed E-state index contributed by atoms with van der Waals surface area (Å²) in [7, 11) is 0. The van der Waals surface area contributed by atoms with Gasteiger partial charge in [-0.05, 0) is 17.2 Å². The number of nitrogens with one attached hydrogen (secondary N) is 1. The number of nitrogens with zero attached hydrogens (tertiary/aromatic N) is 3. The first-order chi connectivity index (χ1) is 12.1. The summed E-state index contributed by atoms with van der Waals surface area (Å²) in [5.74, 6) is 1.16. The molecule has 2 heterocycles. The maximum Gasteiger partial charge on any atom is 0.276 e. The van der Waals surface area contributed by atoms with Gasteiger partial charge < -0.3 is 0 Å². The summed E-state index contributed by atoms with van der Waals surface area (Å²) >= 11 is 4.44. The molecule has 25 heavy (non-hydrogen) atoms. The molecular formula is C17H18N4OS3. The molecule has 5 nitrogen and oxygen atoms in total. The Morgan fingerprint density at radius 3 is 2.68 bits per heavy atom. The van der Waals surface area contributed by atoms with Crippen molar-refractivity contribution in [2.45, 2.75) is 31.0 Å². The molecule has 0 bridgehead atoms. The highest BCUT2D eigenvalue weighted by Gasteiger charge is 2.14. The van der Waals surface area contributed by atoms with Gasteiger partial charge in [-0.25, -0.2) is 4.98 Å². The third-order valence-electron chi connectivity index (χ3n) is 3.46. The molecule has 0 saturated carbocycles. The first-order valence-electron chi connectivity index (χ1n) is 7.90. The molecule has 0 unspecified atom stereocenters. The average Bonchev–Trinajstić information content (AvgIpc) is 3.25. The van der Waals surface area contributed by atoms with Gasteiger partial charge in [-0.15, -0.1) is 21.5 Å². The average molecular weight is 391 g/mol. The monoisotopic (exact) mass is 390 g/mol. The minimum absolute atomic E-state index is 0.259. The number of rotatable bonds is 6. The molecule has 0 radical (unpaired) electrons. The summed E-state index contributed by atoms with van der Waals surface area (Å²) < 4.78 is 0.849.